The van der Waals surface area contributed by atoms with E-state index in [0.29, 0.717) is 6.61 Å². The Hall–Kier alpha value is -1.76. The Morgan fingerprint density at radius 3 is 2.62 bits per heavy atom. The molecule has 4 nitrogen and oxygen atoms in total. The predicted octanol–water partition coefficient (Wildman–Crippen LogP) is 4.23. The Bertz CT molecular complexity index is 599. The summed E-state index contributed by atoms with van der Waals surface area (Å²) in [7, 11) is 0. The molecule has 0 unspecified atom stereocenters. The van der Waals surface area contributed by atoms with E-state index < -0.39 is 6.09 Å². The quantitative estimate of drug-likeness (QED) is 0.607. The van der Waals surface area contributed by atoms with Gasteiger partial charge >= 0.3 is 6.09 Å². The van der Waals surface area contributed by atoms with Gasteiger partial charge in [-0.1, -0.05) is 12.1 Å². The minimum atomic E-state index is -0.480. The van der Waals surface area contributed by atoms with E-state index in [1.165, 1.54) is 0 Å². The summed E-state index contributed by atoms with van der Waals surface area (Å²) < 4.78 is 11.7. The summed E-state index contributed by atoms with van der Waals surface area (Å²) in [6.07, 6.45) is -0.480. The third-order valence-corrected chi connectivity index (χ3v) is 3.38. The first-order chi connectivity index (χ1) is 10.1. The Kier molecular flexibility index (Phi) is 5.86. The van der Waals surface area contributed by atoms with Gasteiger partial charge in [0.05, 0.1) is 0 Å². The molecule has 0 fully saturated rings. The fourth-order valence-electron chi connectivity index (χ4n) is 1.70. The van der Waals surface area contributed by atoms with Gasteiger partial charge in [-0.2, -0.15) is 0 Å². The van der Waals surface area contributed by atoms with Gasteiger partial charge in [0.15, 0.2) is 0 Å². The van der Waals surface area contributed by atoms with E-state index >= 15 is 0 Å². The number of carbonyl (C=O) groups excluding carboxylic acids is 1. The van der Waals surface area contributed by atoms with Gasteiger partial charge in [0.1, 0.15) is 19.0 Å². The number of amides is 1. The van der Waals surface area contributed by atoms with Crippen molar-refractivity contribution in [1.82, 2.24) is 0 Å². The van der Waals surface area contributed by atoms with Crippen molar-refractivity contribution in [2.24, 2.45) is 0 Å². The Morgan fingerprint density at radius 2 is 1.90 bits per heavy atom. The molecule has 0 heterocycles. The van der Waals surface area contributed by atoms with Crippen LogP contribution in [0.25, 0.3) is 0 Å². The van der Waals surface area contributed by atoms with Crippen LogP contribution in [0.5, 0.6) is 5.75 Å². The predicted molar refractivity (Wildman–Crippen MR) is 90.8 cm³/mol. The molecule has 110 valence electrons. The van der Waals surface area contributed by atoms with Gasteiger partial charge in [0, 0.05) is 9.26 Å². The maximum atomic E-state index is 11.6. The van der Waals surface area contributed by atoms with Crippen LogP contribution >= 0.6 is 22.6 Å². The molecule has 1 N–H and O–H groups in total. The number of aryl methyl sites for hydroxylation is 1. The highest BCUT2D eigenvalue weighted by Crippen LogP contribution is 2.13. The van der Waals surface area contributed by atoms with Crippen molar-refractivity contribution in [3.63, 3.8) is 0 Å². The van der Waals surface area contributed by atoms with Gasteiger partial charge in [-0.25, -0.2) is 4.79 Å². The van der Waals surface area contributed by atoms with E-state index in [4.69, 9.17) is 9.47 Å². The normalized spacial score (nSPS) is 10.0. The maximum absolute atomic E-state index is 11.6. The van der Waals surface area contributed by atoms with Gasteiger partial charge in [-0.3, -0.25) is 5.32 Å². The van der Waals surface area contributed by atoms with Crippen LogP contribution < -0.4 is 10.1 Å². The van der Waals surface area contributed by atoms with Gasteiger partial charge in [0.2, 0.25) is 0 Å². The average molecular weight is 397 g/mol. The van der Waals surface area contributed by atoms with E-state index in [1.54, 1.807) is 0 Å². The molecule has 0 saturated carbocycles. The molecule has 0 aliphatic rings. The lowest BCUT2D eigenvalue weighted by Gasteiger charge is -2.09. The first-order valence-electron chi connectivity index (χ1n) is 6.52. The first-order valence-corrected chi connectivity index (χ1v) is 7.60. The van der Waals surface area contributed by atoms with Crippen LogP contribution in [0.15, 0.2) is 48.5 Å². The highest BCUT2D eigenvalue weighted by atomic mass is 127. The van der Waals surface area contributed by atoms with E-state index in [0.717, 1.165) is 20.6 Å². The molecule has 0 aromatic heterocycles. The lowest BCUT2D eigenvalue weighted by molar-refractivity contribution is 0.138. The van der Waals surface area contributed by atoms with E-state index in [1.807, 2.05) is 55.5 Å². The zero-order valence-electron chi connectivity index (χ0n) is 11.6. The van der Waals surface area contributed by atoms with Gasteiger partial charge in [-0.15, -0.1) is 0 Å². The SMILES string of the molecule is Cc1cccc(NC(=O)OCCOc2ccc(I)cc2)c1. The van der Waals surface area contributed by atoms with Crippen LogP contribution in [-0.4, -0.2) is 19.3 Å². The molecule has 5 heteroatoms. The number of benzene rings is 2. The molecule has 0 aliphatic carbocycles. The van der Waals surface area contributed by atoms with Gasteiger partial charge in [0.25, 0.3) is 0 Å². The van der Waals surface area contributed by atoms with E-state index in [2.05, 4.69) is 27.9 Å². The summed E-state index contributed by atoms with van der Waals surface area (Å²) in [5.74, 6) is 0.762. The molecular formula is C16H16INO3. The molecule has 1 amide bonds. The Balaban J connectivity index is 1.68. The third-order valence-electron chi connectivity index (χ3n) is 2.66. The second-order valence-corrected chi connectivity index (χ2v) is 5.68. The van der Waals surface area contributed by atoms with Crippen LogP contribution in [0, 0.1) is 10.5 Å². The number of nitrogens with one attached hydrogen (secondary N) is 1. The van der Waals surface area contributed by atoms with Crippen LogP contribution in [0.4, 0.5) is 10.5 Å². The summed E-state index contributed by atoms with van der Waals surface area (Å²) in [4.78, 5) is 11.6. The van der Waals surface area contributed by atoms with Crippen LogP contribution in [-0.2, 0) is 4.74 Å². The average Bonchev–Trinajstić information content (AvgIpc) is 2.45. The number of ether oxygens (including phenoxy) is 2. The summed E-state index contributed by atoms with van der Waals surface area (Å²) in [5.41, 5.74) is 1.80. The molecular weight excluding hydrogens is 381 g/mol. The Labute approximate surface area is 137 Å². The van der Waals surface area contributed by atoms with Crippen molar-refractivity contribution in [2.45, 2.75) is 6.92 Å². The number of hydrogen-bond acceptors (Lipinski definition) is 3. The van der Waals surface area contributed by atoms with Crippen LogP contribution in [0.3, 0.4) is 0 Å². The van der Waals surface area contributed by atoms with Crippen molar-refractivity contribution >= 4 is 34.4 Å². The molecule has 0 saturated heterocycles. The van der Waals surface area contributed by atoms with Gasteiger partial charge in [-0.05, 0) is 71.5 Å². The molecule has 0 aliphatic heterocycles. The lowest BCUT2D eigenvalue weighted by atomic mass is 10.2. The first kappa shape index (κ1) is 15.6. The molecule has 21 heavy (non-hydrogen) atoms. The zero-order valence-corrected chi connectivity index (χ0v) is 13.8. The summed E-state index contributed by atoms with van der Waals surface area (Å²) in [5, 5.41) is 2.67. The lowest BCUT2D eigenvalue weighted by Crippen LogP contribution is -2.17. The minimum Gasteiger partial charge on any atom is -0.490 e. The summed E-state index contributed by atoms with van der Waals surface area (Å²) >= 11 is 2.23. The second-order valence-electron chi connectivity index (χ2n) is 4.43. The van der Waals surface area contributed by atoms with Gasteiger partial charge < -0.3 is 9.47 Å². The number of hydrogen-bond donors (Lipinski definition) is 1. The molecule has 0 radical (unpaired) electrons. The number of carbonyl (C=O) groups is 1. The van der Waals surface area contributed by atoms with E-state index in [9.17, 15) is 4.79 Å². The number of rotatable bonds is 5. The standard InChI is InChI=1S/C16H16INO3/c1-12-3-2-4-14(11-12)18-16(19)21-10-9-20-15-7-5-13(17)6-8-15/h2-8,11H,9-10H2,1H3,(H,18,19). The van der Waals surface area contributed by atoms with Crippen molar-refractivity contribution in [3.05, 3.63) is 57.7 Å². The molecule has 0 bridgehead atoms. The molecule has 2 rings (SSSR count). The number of halogens is 1. The molecule has 2 aromatic rings. The largest absolute Gasteiger partial charge is 0.490 e. The summed E-state index contributed by atoms with van der Waals surface area (Å²) in [6, 6.07) is 15.2. The fourth-order valence-corrected chi connectivity index (χ4v) is 2.06. The van der Waals surface area contributed by atoms with Crippen molar-refractivity contribution in [3.8, 4) is 5.75 Å². The smallest absolute Gasteiger partial charge is 0.411 e. The molecule has 2 aromatic carbocycles. The van der Waals surface area contributed by atoms with E-state index in [-0.39, 0.29) is 6.61 Å². The van der Waals surface area contributed by atoms with Crippen LogP contribution in [0.2, 0.25) is 0 Å². The topological polar surface area (TPSA) is 47.6 Å². The fraction of sp³-hybridized carbons (Fsp3) is 0.188. The second kappa shape index (κ2) is 7.87. The highest BCUT2D eigenvalue weighted by Gasteiger charge is 2.03. The van der Waals surface area contributed by atoms with Crippen molar-refractivity contribution < 1.29 is 14.3 Å². The monoisotopic (exact) mass is 397 g/mol. The number of anilines is 1. The van der Waals surface area contributed by atoms with Crippen LogP contribution in [0.1, 0.15) is 5.56 Å². The van der Waals surface area contributed by atoms with Crippen molar-refractivity contribution in [1.29, 1.82) is 0 Å². The molecule has 0 spiro atoms. The Morgan fingerprint density at radius 1 is 1.14 bits per heavy atom. The molecule has 0 atom stereocenters. The summed E-state index contributed by atoms with van der Waals surface area (Å²) in [6.45, 7) is 2.48. The third kappa shape index (κ3) is 5.63. The van der Waals surface area contributed by atoms with Crippen molar-refractivity contribution in [2.75, 3.05) is 18.5 Å². The minimum absolute atomic E-state index is 0.198. The highest BCUT2D eigenvalue weighted by molar-refractivity contribution is 14.1. The maximum Gasteiger partial charge on any atom is 0.411 e. The zero-order chi connectivity index (χ0) is 15.1.